The molecule has 0 unspecified atom stereocenters. The maximum absolute atomic E-state index is 5.62. The van der Waals surface area contributed by atoms with Crippen molar-refractivity contribution >= 4 is 15.9 Å². The zero-order valence-electron chi connectivity index (χ0n) is 10.2. The van der Waals surface area contributed by atoms with Crippen LogP contribution in [0.25, 0.3) is 0 Å². The van der Waals surface area contributed by atoms with E-state index in [9.17, 15) is 0 Å². The highest BCUT2D eigenvalue weighted by molar-refractivity contribution is 9.10. The van der Waals surface area contributed by atoms with Gasteiger partial charge in [-0.25, -0.2) is 4.98 Å². The summed E-state index contributed by atoms with van der Waals surface area (Å²) >= 11 is 3.46. The van der Waals surface area contributed by atoms with Crippen molar-refractivity contribution in [3.05, 3.63) is 22.3 Å². The van der Waals surface area contributed by atoms with E-state index in [0.29, 0.717) is 12.5 Å². The number of halogens is 1. The van der Waals surface area contributed by atoms with Crippen molar-refractivity contribution in [2.45, 2.75) is 32.8 Å². The molecule has 0 spiro atoms. The molecule has 0 saturated carbocycles. The Balaban J connectivity index is 2.53. The highest BCUT2D eigenvalue weighted by Gasteiger charge is 2.16. The first-order chi connectivity index (χ1) is 7.46. The van der Waals surface area contributed by atoms with E-state index in [2.05, 4.69) is 20.9 Å². The van der Waals surface area contributed by atoms with Crippen LogP contribution >= 0.6 is 15.9 Å². The Hall–Kier alpha value is -0.610. The number of hydrogen-bond donors (Lipinski definition) is 0. The molecule has 0 radical (unpaired) electrons. The van der Waals surface area contributed by atoms with Gasteiger partial charge >= 0.3 is 0 Å². The summed E-state index contributed by atoms with van der Waals surface area (Å²) in [4.78, 5) is 4.17. The minimum absolute atomic E-state index is 0.156. The number of pyridine rings is 1. The van der Waals surface area contributed by atoms with Gasteiger partial charge in [0.1, 0.15) is 0 Å². The third-order valence-electron chi connectivity index (χ3n) is 2.55. The summed E-state index contributed by atoms with van der Waals surface area (Å²) in [6.45, 7) is 6.68. The van der Waals surface area contributed by atoms with Gasteiger partial charge in [0, 0.05) is 19.7 Å². The Morgan fingerprint density at radius 3 is 2.75 bits per heavy atom. The number of ether oxygens (including phenoxy) is 2. The SMILES string of the molecule is COC(C)(C)CCOc1nccc(C)c1Br. The Labute approximate surface area is 105 Å². The number of aryl methyl sites for hydroxylation is 1. The lowest BCUT2D eigenvalue weighted by Gasteiger charge is -2.22. The average molecular weight is 288 g/mol. The summed E-state index contributed by atoms with van der Waals surface area (Å²) < 4.78 is 11.9. The first kappa shape index (κ1) is 13.5. The summed E-state index contributed by atoms with van der Waals surface area (Å²) in [5.41, 5.74) is 0.965. The molecule has 0 saturated heterocycles. The summed E-state index contributed by atoms with van der Waals surface area (Å²) in [5, 5.41) is 0. The molecule has 1 heterocycles. The fourth-order valence-electron chi connectivity index (χ4n) is 1.11. The van der Waals surface area contributed by atoms with Gasteiger partial charge in [0.15, 0.2) is 0 Å². The van der Waals surface area contributed by atoms with Crippen LogP contribution in [0.5, 0.6) is 5.88 Å². The zero-order valence-corrected chi connectivity index (χ0v) is 11.8. The van der Waals surface area contributed by atoms with E-state index in [1.54, 1.807) is 13.3 Å². The number of nitrogens with zero attached hydrogens (tertiary/aromatic N) is 1. The number of rotatable bonds is 5. The molecule has 0 aliphatic rings. The van der Waals surface area contributed by atoms with E-state index in [4.69, 9.17) is 9.47 Å². The van der Waals surface area contributed by atoms with Crippen molar-refractivity contribution in [1.29, 1.82) is 0 Å². The zero-order chi connectivity index (χ0) is 12.2. The fraction of sp³-hybridized carbons (Fsp3) is 0.583. The summed E-state index contributed by atoms with van der Waals surface area (Å²) in [6, 6.07) is 1.94. The summed E-state index contributed by atoms with van der Waals surface area (Å²) in [6.07, 6.45) is 2.57. The van der Waals surface area contributed by atoms with Crippen LogP contribution in [0.1, 0.15) is 25.8 Å². The molecule has 4 heteroatoms. The van der Waals surface area contributed by atoms with Crippen molar-refractivity contribution in [2.75, 3.05) is 13.7 Å². The fourth-order valence-corrected chi connectivity index (χ4v) is 1.46. The first-order valence-electron chi connectivity index (χ1n) is 5.25. The molecule has 3 nitrogen and oxygen atoms in total. The van der Waals surface area contributed by atoms with Gasteiger partial charge in [-0.15, -0.1) is 0 Å². The number of aromatic nitrogens is 1. The molecule has 0 bridgehead atoms. The number of methoxy groups -OCH3 is 1. The molecule has 0 aromatic carbocycles. The van der Waals surface area contributed by atoms with Gasteiger partial charge in [0.25, 0.3) is 0 Å². The lowest BCUT2D eigenvalue weighted by Crippen LogP contribution is -2.25. The third kappa shape index (κ3) is 3.76. The smallest absolute Gasteiger partial charge is 0.228 e. The predicted molar refractivity (Wildman–Crippen MR) is 67.9 cm³/mol. The van der Waals surface area contributed by atoms with Crippen LogP contribution in [-0.4, -0.2) is 24.3 Å². The molecule has 90 valence electrons. The van der Waals surface area contributed by atoms with Crippen LogP contribution in [0.15, 0.2) is 16.7 Å². The van der Waals surface area contributed by atoms with Crippen LogP contribution < -0.4 is 4.74 Å². The molecule has 0 aliphatic heterocycles. The van der Waals surface area contributed by atoms with Gasteiger partial charge in [-0.3, -0.25) is 0 Å². The minimum Gasteiger partial charge on any atom is -0.477 e. The van der Waals surface area contributed by atoms with Gasteiger partial charge in [-0.1, -0.05) is 0 Å². The normalized spacial score (nSPS) is 11.6. The molecule has 1 aromatic rings. The van der Waals surface area contributed by atoms with Crippen LogP contribution in [0.3, 0.4) is 0 Å². The van der Waals surface area contributed by atoms with Crippen molar-refractivity contribution in [2.24, 2.45) is 0 Å². The molecule has 0 amide bonds. The predicted octanol–water partition coefficient (Wildman–Crippen LogP) is 3.35. The van der Waals surface area contributed by atoms with Gasteiger partial charge in [0.2, 0.25) is 5.88 Å². The Morgan fingerprint density at radius 2 is 2.12 bits per heavy atom. The highest BCUT2D eigenvalue weighted by Crippen LogP contribution is 2.26. The second-order valence-electron chi connectivity index (χ2n) is 4.31. The minimum atomic E-state index is -0.156. The highest BCUT2D eigenvalue weighted by atomic mass is 79.9. The van der Waals surface area contributed by atoms with Crippen molar-refractivity contribution in [3.8, 4) is 5.88 Å². The molecule has 1 rings (SSSR count). The second-order valence-corrected chi connectivity index (χ2v) is 5.10. The van der Waals surface area contributed by atoms with Crippen LogP contribution in [0, 0.1) is 6.92 Å². The third-order valence-corrected chi connectivity index (χ3v) is 3.51. The van der Waals surface area contributed by atoms with E-state index in [0.717, 1.165) is 16.5 Å². The summed E-state index contributed by atoms with van der Waals surface area (Å²) in [5.74, 6) is 0.645. The van der Waals surface area contributed by atoms with Gasteiger partial charge < -0.3 is 9.47 Å². The lowest BCUT2D eigenvalue weighted by molar-refractivity contribution is 0.00501. The second kappa shape index (κ2) is 5.64. The Morgan fingerprint density at radius 1 is 1.44 bits per heavy atom. The topological polar surface area (TPSA) is 31.4 Å². The lowest BCUT2D eigenvalue weighted by atomic mass is 10.1. The Kier molecular flexibility index (Phi) is 4.74. The van der Waals surface area contributed by atoms with Gasteiger partial charge in [-0.2, -0.15) is 0 Å². The van der Waals surface area contributed by atoms with Crippen molar-refractivity contribution < 1.29 is 9.47 Å². The maximum Gasteiger partial charge on any atom is 0.228 e. The maximum atomic E-state index is 5.62. The van der Waals surface area contributed by atoms with E-state index in [1.807, 2.05) is 26.8 Å². The summed E-state index contributed by atoms with van der Waals surface area (Å²) in [7, 11) is 1.71. The molecule has 0 atom stereocenters. The van der Waals surface area contributed by atoms with Crippen LogP contribution in [-0.2, 0) is 4.74 Å². The van der Waals surface area contributed by atoms with Crippen molar-refractivity contribution in [1.82, 2.24) is 4.98 Å². The van der Waals surface area contributed by atoms with E-state index in [1.165, 1.54) is 0 Å². The molecular formula is C12H18BrNO2. The van der Waals surface area contributed by atoms with Gasteiger partial charge in [0.05, 0.1) is 16.7 Å². The average Bonchev–Trinajstić information content (AvgIpc) is 2.24. The van der Waals surface area contributed by atoms with E-state index in [-0.39, 0.29) is 5.60 Å². The molecule has 0 aliphatic carbocycles. The molecular weight excluding hydrogens is 270 g/mol. The molecule has 0 fully saturated rings. The standard InChI is InChI=1S/C12H18BrNO2/c1-9-5-7-14-11(10(9)13)16-8-6-12(2,3)15-4/h5,7H,6,8H2,1-4H3. The van der Waals surface area contributed by atoms with E-state index < -0.39 is 0 Å². The first-order valence-corrected chi connectivity index (χ1v) is 6.04. The monoisotopic (exact) mass is 287 g/mol. The molecule has 16 heavy (non-hydrogen) atoms. The van der Waals surface area contributed by atoms with E-state index >= 15 is 0 Å². The largest absolute Gasteiger partial charge is 0.477 e. The molecule has 0 N–H and O–H groups in total. The van der Waals surface area contributed by atoms with Crippen LogP contribution in [0.2, 0.25) is 0 Å². The van der Waals surface area contributed by atoms with Crippen LogP contribution in [0.4, 0.5) is 0 Å². The Bertz CT molecular complexity index is 353. The quantitative estimate of drug-likeness (QED) is 0.832. The number of hydrogen-bond acceptors (Lipinski definition) is 3. The van der Waals surface area contributed by atoms with Crippen molar-refractivity contribution in [3.63, 3.8) is 0 Å². The molecule has 1 aromatic heterocycles. The van der Waals surface area contributed by atoms with Gasteiger partial charge in [-0.05, 0) is 48.3 Å².